The summed E-state index contributed by atoms with van der Waals surface area (Å²) in [4.78, 5) is 15.0. The van der Waals surface area contributed by atoms with Gasteiger partial charge < -0.3 is 14.6 Å². The fourth-order valence-electron chi connectivity index (χ4n) is 3.63. The molecular weight excluding hydrogens is 356 g/mol. The third kappa shape index (κ3) is 5.55. The van der Waals surface area contributed by atoms with Crippen LogP contribution in [-0.4, -0.2) is 73.9 Å². The Morgan fingerprint density at radius 2 is 2.04 bits per heavy atom. The molecule has 6 nitrogen and oxygen atoms in total. The van der Waals surface area contributed by atoms with Gasteiger partial charge in [0.25, 0.3) is 0 Å². The van der Waals surface area contributed by atoms with Crippen molar-refractivity contribution in [3.8, 4) is 16.9 Å². The molecule has 1 unspecified atom stereocenters. The van der Waals surface area contributed by atoms with E-state index in [9.17, 15) is 4.79 Å². The van der Waals surface area contributed by atoms with E-state index in [4.69, 9.17) is 14.6 Å². The number of likely N-dealkylation sites (N-methyl/N-ethyl adjacent to an activating group) is 1. The minimum Gasteiger partial charge on any atom is -0.496 e. The number of aliphatic carboxylic acids is 1. The first kappa shape index (κ1) is 20.3. The van der Waals surface area contributed by atoms with Gasteiger partial charge in [-0.1, -0.05) is 36.4 Å². The van der Waals surface area contributed by atoms with Gasteiger partial charge in [-0.05, 0) is 30.3 Å². The largest absolute Gasteiger partial charge is 0.496 e. The van der Waals surface area contributed by atoms with Crippen molar-refractivity contribution in [2.75, 3.05) is 46.9 Å². The van der Waals surface area contributed by atoms with Crippen LogP contribution in [0.5, 0.6) is 5.75 Å². The Morgan fingerprint density at radius 3 is 2.75 bits per heavy atom. The fraction of sp³-hybridized carbons (Fsp3) is 0.409. The molecule has 0 aromatic heterocycles. The molecular formula is C22H28N2O4. The summed E-state index contributed by atoms with van der Waals surface area (Å²) in [6.45, 7) is 3.65. The number of carbonyl (C=O) groups is 1. The van der Waals surface area contributed by atoms with E-state index in [2.05, 4.69) is 29.2 Å². The molecule has 3 rings (SSSR count). The van der Waals surface area contributed by atoms with E-state index >= 15 is 0 Å². The van der Waals surface area contributed by atoms with Crippen LogP contribution in [-0.2, 0) is 16.1 Å². The van der Waals surface area contributed by atoms with Crippen molar-refractivity contribution in [2.24, 2.45) is 0 Å². The Balaban J connectivity index is 1.69. The smallest absolute Gasteiger partial charge is 0.317 e. The van der Waals surface area contributed by atoms with Gasteiger partial charge in [-0.25, -0.2) is 0 Å². The predicted octanol–water partition coefficient (Wildman–Crippen LogP) is 2.58. The van der Waals surface area contributed by atoms with Crippen LogP contribution < -0.4 is 4.74 Å². The van der Waals surface area contributed by atoms with Crippen molar-refractivity contribution in [3.63, 3.8) is 0 Å². The number of nitrogens with zero attached hydrogens (tertiary/aromatic N) is 2. The van der Waals surface area contributed by atoms with Gasteiger partial charge in [0.2, 0.25) is 0 Å². The molecule has 0 saturated carbocycles. The van der Waals surface area contributed by atoms with Crippen LogP contribution in [0.15, 0.2) is 48.5 Å². The average molecular weight is 384 g/mol. The maximum absolute atomic E-state index is 10.9. The van der Waals surface area contributed by atoms with Crippen LogP contribution in [0, 0.1) is 0 Å². The number of benzene rings is 2. The summed E-state index contributed by atoms with van der Waals surface area (Å²) in [5, 5.41) is 8.93. The van der Waals surface area contributed by atoms with Gasteiger partial charge in [0, 0.05) is 31.7 Å². The van der Waals surface area contributed by atoms with Gasteiger partial charge in [-0.2, -0.15) is 0 Å². The number of methoxy groups -OCH3 is 1. The highest BCUT2D eigenvalue weighted by Gasteiger charge is 2.23. The number of carboxylic acid groups (broad SMARTS) is 1. The number of rotatable bonds is 8. The van der Waals surface area contributed by atoms with Crippen molar-refractivity contribution >= 4 is 5.97 Å². The van der Waals surface area contributed by atoms with E-state index in [0.717, 1.165) is 30.9 Å². The Hall–Kier alpha value is -2.41. The lowest BCUT2D eigenvalue weighted by atomic mass is 10.0. The molecule has 2 aromatic carbocycles. The minimum atomic E-state index is -0.822. The second kappa shape index (κ2) is 9.68. The van der Waals surface area contributed by atoms with Gasteiger partial charge in [-0.3, -0.25) is 14.6 Å². The van der Waals surface area contributed by atoms with Crippen molar-refractivity contribution in [1.82, 2.24) is 9.80 Å². The highest BCUT2D eigenvalue weighted by atomic mass is 16.5. The van der Waals surface area contributed by atoms with E-state index < -0.39 is 5.97 Å². The number of morpholine rings is 1. The summed E-state index contributed by atoms with van der Waals surface area (Å²) in [6.07, 6.45) is 0.00130. The number of carboxylic acids is 1. The number of hydrogen-bond acceptors (Lipinski definition) is 5. The van der Waals surface area contributed by atoms with Crippen LogP contribution in [0.2, 0.25) is 0 Å². The van der Waals surface area contributed by atoms with Crippen LogP contribution >= 0.6 is 0 Å². The molecule has 0 aliphatic carbocycles. The SMILES string of the molecule is COc1ccc(-c2ccccc2)cc1CN1CCOC(CN(C)CC(=O)O)C1. The highest BCUT2D eigenvalue weighted by molar-refractivity contribution is 5.69. The molecule has 1 fully saturated rings. The zero-order valence-electron chi connectivity index (χ0n) is 16.5. The quantitative estimate of drug-likeness (QED) is 0.755. The molecule has 1 saturated heterocycles. The lowest BCUT2D eigenvalue weighted by Gasteiger charge is -2.34. The summed E-state index contributed by atoms with van der Waals surface area (Å²) in [6, 6.07) is 16.6. The Bertz CT molecular complexity index is 781. The third-order valence-corrected chi connectivity index (χ3v) is 4.92. The lowest BCUT2D eigenvalue weighted by molar-refractivity contribution is -0.138. The Labute approximate surface area is 166 Å². The molecule has 6 heteroatoms. The van der Waals surface area contributed by atoms with Gasteiger partial charge in [-0.15, -0.1) is 0 Å². The van der Waals surface area contributed by atoms with Crippen LogP contribution in [0.1, 0.15) is 5.56 Å². The average Bonchev–Trinajstić information content (AvgIpc) is 2.68. The lowest BCUT2D eigenvalue weighted by Crippen LogP contribution is -2.47. The maximum atomic E-state index is 10.9. The first-order valence-corrected chi connectivity index (χ1v) is 9.52. The van der Waals surface area contributed by atoms with Crippen molar-refractivity contribution < 1.29 is 19.4 Å². The zero-order chi connectivity index (χ0) is 19.9. The molecule has 2 aromatic rings. The third-order valence-electron chi connectivity index (χ3n) is 4.92. The summed E-state index contributed by atoms with van der Waals surface area (Å²) in [5.74, 6) is 0.0587. The normalized spacial score (nSPS) is 17.6. The number of ether oxygens (including phenoxy) is 2. The van der Waals surface area contributed by atoms with Gasteiger partial charge >= 0.3 is 5.97 Å². The first-order chi connectivity index (χ1) is 13.5. The highest BCUT2D eigenvalue weighted by Crippen LogP contribution is 2.28. The predicted molar refractivity (Wildman–Crippen MR) is 109 cm³/mol. The van der Waals surface area contributed by atoms with Crippen molar-refractivity contribution in [2.45, 2.75) is 12.6 Å². The Kier molecular flexibility index (Phi) is 7.03. The monoisotopic (exact) mass is 384 g/mol. The molecule has 1 aliphatic heterocycles. The topological polar surface area (TPSA) is 62.2 Å². The zero-order valence-corrected chi connectivity index (χ0v) is 16.5. The van der Waals surface area contributed by atoms with Gasteiger partial charge in [0.05, 0.1) is 26.4 Å². The Morgan fingerprint density at radius 1 is 1.25 bits per heavy atom. The molecule has 1 atom stereocenters. The molecule has 0 amide bonds. The summed E-state index contributed by atoms with van der Waals surface area (Å²) in [7, 11) is 3.51. The number of hydrogen-bond donors (Lipinski definition) is 1. The van der Waals surface area contributed by atoms with E-state index in [-0.39, 0.29) is 12.6 Å². The summed E-state index contributed by atoms with van der Waals surface area (Å²) in [5.41, 5.74) is 3.49. The molecule has 28 heavy (non-hydrogen) atoms. The molecule has 0 bridgehead atoms. The van der Waals surface area contributed by atoms with E-state index in [1.807, 2.05) is 31.3 Å². The summed E-state index contributed by atoms with van der Waals surface area (Å²) < 4.78 is 11.4. The fourth-order valence-corrected chi connectivity index (χ4v) is 3.63. The first-order valence-electron chi connectivity index (χ1n) is 9.52. The van der Waals surface area contributed by atoms with Gasteiger partial charge in [0.1, 0.15) is 5.75 Å². The van der Waals surface area contributed by atoms with Crippen LogP contribution in [0.3, 0.4) is 0 Å². The molecule has 0 radical (unpaired) electrons. The van der Waals surface area contributed by atoms with Crippen molar-refractivity contribution in [3.05, 3.63) is 54.1 Å². The molecule has 1 N–H and O–H groups in total. The summed E-state index contributed by atoms with van der Waals surface area (Å²) >= 11 is 0. The standard InChI is InChI=1S/C22H28N2O4/c1-23(16-22(25)26)14-20-15-24(10-11-28-20)13-19-12-18(8-9-21(19)27-2)17-6-4-3-5-7-17/h3-9,12,20H,10-11,13-16H2,1-2H3,(H,25,26). The van der Waals surface area contributed by atoms with Crippen LogP contribution in [0.25, 0.3) is 11.1 Å². The van der Waals surface area contributed by atoms with Gasteiger partial charge in [0.15, 0.2) is 0 Å². The molecule has 1 heterocycles. The second-order valence-corrected chi connectivity index (χ2v) is 7.21. The van der Waals surface area contributed by atoms with Crippen LogP contribution in [0.4, 0.5) is 0 Å². The molecule has 0 spiro atoms. The molecule has 1 aliphatic rings. The van der Waals surface area contributed by atoms with Crippen molar-refractivity contribution in [1.29, 1.82) is 0 Å². The minimum absolute atomic E-state index is 0.00130. The maximum Gasteiger partial charge on any atom is 0.317 e. The van der Waals surface area contributed by atoms with E-state index in [0.29, 0.717) is 13.2 Å². The second-order valence-electron chi connectivity index (χ2n) is 7.21. The van der Waals surface area contributed by atoms with E-state index in [1.54, 1.807) is 12.0 Å². The van der Waals surface area contributed by atoms with E-state index in [1.165, 1.54) is 11.1 Å². The molecule has 150 valence electrons.